The number of nitrogens with zero attached hydrogens (tertiary/aromatic N) is 4. The largest absolute Gasteiger partial charge is 0.465 e. The van der Waals surface area contributed by atoms with Crippen molar-refractivity contribution in [2.45, 2.75) is 129 Å². The van der Waals surface area contributed by atoms with E-state index >= 15 is 4.39 Å². The van der Waals surface area contributed by atoms with Crippen LogP contribution in [0.1, 0.15) is 111 Å². The van der Waals surface area contributed by atoms with E-state index in [1.807, 2.05) is 26.8 Å². The molecule has 10 heteroatoms. The van der Waals surface area contributed by atoms with E-state index in [1.165, 1.54) is 4.90 Å². The first-order valence-corrected chi connectivity index (χ1v) is 15.0. The summed E-state index contributed by atoms with van der Waals surface area (Å²) in [6.07, 6.45) is 7.97. The molecular formula is C30H47FN4O5. The predicted octanol–water partition coefficient (Wildman–Crippen LogP) is 7.26. The van der Waals surface area contributed by atoms with E-state index in [0.29, 0.717) is 12.8 Å². The quantitative estimate of drug-likeness (QED) is 0.0848. The van der Waals surface area contributed by atoms with E-state index in [2.05, 4.69) is 16.9 Å². The number of hydrogen-bond donors (Lipinski definition) is 0. The Bertz CT molecular complexity index is 977. The van der Waals surface area contributed by atoms with Crippen molar-refractivity contribution in [3.63, 3.8) is 0 Å². The van der Waals surface area contributed by atoms with Gasteiger partial charge in [-0.3, -0.25) is 14.4 Å². The molecule has 0 aromatic rings. The van der Waals surface area contributed by atoms with Gasteiger partial charge in [-0.1, -0.05) is 57.6 Å². The number of allylic oxidation sites excluding steroid dienone is 2. The molecule has 4 atom stereocenters. The highest BCUT2D eigenvalue weighted by atomic mass is 19.1. The minimum atomic E-state index is -1.77. The average molecular weight is 563 g/mol. The molecule has 224 valence electrons. The second kappa shape index (κ2) is 17.1. The number of alkyl halides is 1. The number of azide groups is 1. The summed E-state index contributed by atoms with van der Waals surface area (Å²) >= 11 is 0. The van der Waals surface area contributed by atoms with Crippen LogP contribution in [0.15, 0.2) is 28.5 Å². The van der Waals surface area contributed by atoms with E-state index in [4.69, 9.17) is 15.0 Å². The Labute approximate surface area is 238 Å². The summed E-state index contributed by atoms with van der Waals surface area (Å²) in [4.78, 5) is 42.9. The van der Waals surface area contributed by atoms with Crippen LogP contribution >= 0.6 is 0 Å². The lowest BCUT2D eigenvalue weighted by molar-refractivity contribution is -0.182. The SMILES string of the molecule is CCCCC(=O)OC[C@@]1(CN=[N+]=[N-])CC[C@@H](N2C=CC(CCCC)=C(CC)CC2=O)[C@H](F)[C@@H]1OC(=O)CCCC. The summed E-state index contributed by atoms with van der Waals surface area (Å²) < 4.78 is 27.9. The molecule has 0 saturated heterocycles. The van der Waals surface area contributed by atoms with Gasteiger partial charge in [-0.2, -0.15) is 0 Å². The van der Waals surface area contributed by atoms with Crippen LogP contribution in [0.5, 0.6) is 0 Å². The Morgan fingerprint density at radius 3 is 2.42 bits per heavy atom. The van der Waals surface area contributed by atoms with Crippen molar-refractivity contribution in [3.05, 3.63) is 33.9 Å². The predicted molar refractivity (Wildman–Crippen MR) is 152 cm³/mol. The fourth-order valence-corrected chi connectivity index (χ4v) is 5.47. The van der Waals surface area contributed by atoms with Gasteiger partial charge in [0.25, 0.3) is 0 Å². The second-order valence-electron chi connectivity index (χ2n) is 11.0. The summed E-state index contributed by atoms with van der Waals surface area (Å²) in [6, 6.07) is -0.869. The maximum Gasteiger partial charge on any atom is 0.306 e. The Hall–Kier alpha value is -2.87. The highest BCUT2D eigenvalue weighted by molar-refractivity contribution is 5.81. The number of unbranched alkanes of at least 4 members (excludes halogenated alkanes) is 3. The molecule has 0 spiro atoms. The number of carbonyl (C=O) groups is 3. The Kier molecular flexibility index (Phi) is 14.2. The molecule has 1 fully saturated rings. The summed E-state index contributed by atoms with van der Waals surface area (Å²) in [5, 5.41) is 3.72. The van der Waals surface area contributed by atoms with Crippen LogP contribution in [0, 0.1) is 5.41 Å². The fraction of sp³-hybridized carbons (Fsp3) is 0.767. The number of hydrogen-bond acceptors (Lipinski definition) is 6. The van der Waals surface area contributed by atoms with E-state index in [0.717, 1.165) is 49.7 Å². The van der Waals surface area contributed by atoms with Gasteiger partial charge in [0, 0.05) is 36.9 Å². The third-order valence-electron chi connectivity index (χ3n) is 8.02. The number of halogens is 1. The van der Waals surface area contributed by atoms with E-state index in [1.54, 1.807) is 6.20 Å². The molecule has 0 bridgehead atoms. The monoisotopic (exact) mass is 562 g/mol. The molecular weight excluding hydrogens is 515 g/mol. The van der Waals surface area contributed by atoms with Crippen molar-refractivity contribution in [3.8, 4) is 0 Å². The molecule has 0 N–H and O–H groups in total. The highest BCUT2D eigenvalue weighted by Gasteiger charge is 2.54. The van der Waals surface area contributed by atoms with Gasteiger partial charge in [-0.05, 0) is 62.1 Å². The van der Waals surface area contributed by atoms with Gasteiger partial charge in [0.15, 0.2) is 6.17 Å². The maximum absolute atomic E-state index is 16.6. The number of amides is 1. The van der Waals surface area contributed by atoms with Gasteiger partial charge in [0.1, 0.15) is 12.7 Å². The van der Waals surface area contributed by atoms with Crippen LogP contribution in [0.2, 0.25) is 0 Å². The van der Waals surface area contributed by atoms with Crippen LogP contribution in [0.3, 0.4) is 0 Å². The zero-order chi connectivity index (χ0) is 29.5. The lowest BCUT2D eigenvalue weighted by Gasteiger charge is -2.48. The number of esters is 2. The van der Waals surface area contributed by atoms with Gasteiger partial charge >= 0.3 is 11.9 Å². The lowest BCUT2D eigenvalue weighted by Crippen LogP contribution is -2.60. The topological polar surface area (TPSA) is 122 Å². The molecule has 0 radical (unpaired) electrons. The van der Waals surface area contributed by atoms with E-state index in [-0.39, 0.29) is 51.2 Å². The normalized spacial score (nSPS) is 24.9. The molecule has 0 aromatic carbocycles. The van der Waals surface area contributed by atoms with Crippen LogP contribution in [0.4, 0.5) is 4.39 Å². The number of carbonyl (C=O) groups excluding carboxylic acids is 3. The van der Waals surface area contributed by atoms with Crippen molar-refractivity contribution < 1.29 is 28.2 Å². The second-order valence-corrected chi connectivity index (χ2v) is 11.0. The number of rotatable bonds is 16. The van der Waals surface area contributed by atoms with Crippen LogP contribution < -0.4 is 0 Å². The maximum atomic E-state index is 16.6. The third-order valence-corrected chi connectivity index (χ3v) is 8.02. The molecule has 2 aliphatic rings. The minimum Gasteiger partial charge on any atom is -0.465 e. The molecule has 0 aromatic heterocycles. The third kappa shape index (κ3) is 9.08. The Balaban J connectivity index is 2.40. The molecule has 1 heterocycles. The Morgan fingerprint density at radius 1 is 1.12 bits per heavy atom. The summed E-state index contributed by atoms with van der Waals surface area (Å²) in [5.74, 6) is -1.19. The first kappa shape index (κ1) is 33.3. The van der Waals surface area contributed by atoms with Crippen LogP contribution in [0.25, 0.3) is 10.4 Å². The summed E-state index contributed by atoms with van der Waals surface area (Å²) in [6.45, 7) is 7.60. The summed E-state index contributed by atoms with van der Waals surface area (Å²) in [5.41, 5.74) is 10.0. The van der Waals surface area contributed by atoms with Gasteiger partial charge < -0.3 is 14.4 Å². The molecule has 1 aliphatic heterocycles. The molecule has 1 aliphatic carbocycles. The van der Waals surface area contributed by atoms with E-state index in [9.17, 15) is 14.4 Å². The average Bonchev–Trinajstić information content (AvgIpc) is 3.11. The molecule has 9 nitrogen and oxygen atoms in total. The van der Waals surface area contributed by atoms with E-state index < -0.39 is 35.7 Å². The highest BCUT2D eigenvalue weighted by Crippen LogP contribution is 2.44. The molecule has 1 amide bonds. The molecule has 1 saturated carbocycles. The van der Waals surface area contributed by atoms with Crippen LogP contribution in [-0.4, -0.2) is 54.2 Å². The smallest absolute Gasteiger partial charge is 0.306 e. The van der Waals surface area contributed by atoms with Gasteiger partial charge in [0.05, 0.1) is 11.5 Å². The zero-order valence-electron chi connectivity index (χ0n) is 24.7. The fourth-order valence-electron chi connectivity index (χ4n) is 5.47. The molecule has 40 heavy (non-hydrogen) atoms. The van der Waals surface area contributed by atoms with Crippen molar-refractivity contribution in [2.24, 2.45) is 10.5 Å². The van der Waals surface area contributed by atoms with Crippen molar-refractivity contribution in [1.82, 2.24) is 4.90 Å². The standard InChI is InChI=1S/C30H47FN4O5/c1-5-9-12-23-16-18-35(25(36)19-22(23)8-4)24-15-17-30(20-33-34-32,21-39-26(37)13-10-6-2)29(28(24)31)40-27(38)14-11-7-3/h16,18,24,28-29H,5-15,17,19-21H2,1-4H3/t24-,28+,29+,30+/m1/s1. The van der Waals surface area contributed by atoms with Crippen molar-refractivity contribution in [2.75, 3.05) is 13.2 Å². The Morgan fingerprint density at radius 2 is 1.80 bits per heavy atom. The number of ether oxygens (including phenoxy) is 2. The van der Waals surface area contributed by atoms with Gasteiger partial charge in [-0.25, -0.2) is 4.39 Å². The first-order chi connectivity index (χ1) is 19.3. The summed E-state index contributed by atoms with van der Waals surface area (Å²) in [7, 11) is 0. The van der Waals surface area contributed by atoms with Crippen LogP contribution in [-0.2, 0) is 23.9 Å². The van der Waals surface area contributed by atoms with Gasteiger partial charge in [-0.15, -0.1) is 0 Å². The molecule has 0 unspecified atom stereocenters. The van der Waals surface area contributed by atoms with Crippen molar-refractivity contribution >= 4 is 17.8 Å². The minimum absolute atomic E-state index is 0.116. The lowest BCUT2D eigenvalue weighted by atomic mass is 9.69. The van der Waals surface area contributed by atoms with Crippen molar-refractivity contribution in [1.29, 1.82) is 0 Å². The van der Waals surface area contributed by atoms with Gasteiger partial charge in [0.2, 0.25) is 5.91 Å². The zero-order valence-corrected chi connectivity index (χ0v) is 24.7. The molecule has 2 rings (SSSR count). The first-order valence-electron chi connectivity index (χ1n) is 15.0.